The SMILES string of the molecule is Cc1cccn2cc(-c3ccccc3NC(=O)c3ccc(F)cc3)nc12. The number of fused-ring (bicyclic) bond motifs is 1. The summed E-state index contributed by atoms with van der Waals surface area (Å²) in [7, 11) is 0. The average Bonchev–Trinajstić information content (AvgIpc) is 3.08. The number of anilines is 1. The van der Waals surface area contributed by atoms with Crippen LogP contribution in [0, 0.1) is 12.7 Å². The normalized spacial score (nSPS) is 10.8. The minimum atomic E-state index is -0.373. The number of aryl methyl sites for hydroxylation is 1. The van der Waals surface area contributed by atoms with Gasteiger partial charge in [0.05, 0.1) is 11.4 Å². The molecule has 5 heteroatoms. The van der Waals surface area contributed by atoms with Crippen LogP contribution in [0.4, 0.5) is 10.1 Å². The Hall–Kier alpha value is -3.47. The average molecular weight is 345 g/mol. The van der Waals surface area contributed by atoms with Gasteiger partial charge < -0.3 is 9.72 Å². The standard InChI is InChI=1S/C21H16FN3O/c1-14-5-4-12-25-13-19(23-20(14)25)17-6-2-3-7-18(17)24-21(26)15-8-10-16(22)11-9-15/h2-13H,1H3,(H,24,26). The first kappa shape index (κ1) is 16.0. The Kier molecular flexibility index (Phi) is 3.97. The molecule has 0 aliphatic heterocycles. The highest BCUT2D eigenvalue weighted by Crippen LogP contribution is 2.28. The summed E-state index contributed by atoms with van der Waals surface area (Å²) in [5.74, 6) is -0.667. The molecule has 0 spiro atoms. The van der Waals surface area contributed by atoms with Gasteiger partial charge >= 0.3 is 0 Å². The number of carbonyl (C=O) groups excluding carboxylic acids is 1. The number of pyridine rings is 1. The van der Waals surface area contributed by atoms with Gasteiger partial charge in [-0.05, 0) is 48.9 Å². The molecule has 0 aliphatic rings. The fourth-order valence-corrected chi connectivity index (χ4v) is 2.89. The van der Waals surface area contributed by atoms with Crippen molar-refractivity contribution in [2.24, 2.45) is 0 Å². The van der Waals surface area contributed by atoms with Crippen molar-refractivity contribution in [1.29, 1.82) is 0 Å². The number of hydrogen-bond acceptors (Lipinski definition) is 2. The minimum Gasteiger partial charge on any atom is -0.321 e. The van der Waals surface area contributed by atoms with E-state index >= 15 is 0 Å². The summed E-state index contributed by atoms with van der Waals surface area (Å²) in [6.45, 7) is 2.01. The Morgan fingerprint density at radius 3 is 2.58 bits per heavy atom. The van der Waals surface area contributed by atoms with E-state index in [1.807, 2.05) is 60.1 Å². The number of nitrogens with zero attached hydrogens (tertiary/aromatic N) is 2. The number of imidazole rings is 1. The molecule has 128 valence electrons. The zero-order chi connectivity index (χ0) is 18.1. The summed E-state index contributed by atoms with van der Waals surface area (Å²) in [6, 6.07) is 16.9. The highest BCUT2D eigenvalue weighted by Gasteiger charge is 2.13. The molecule has 0 atom stereocenters. The van der Waals surface area contributed by atoms with Crippen molar-refractivity contribution in [1.82, 2.24) is 9.38 Å². The van der Waals surface area contributed by atoms with Gasteiger partial charge in [0.25, 0.3) is 5.91 Å². The quantitative estimate of drug-likeness (QED) is 0.585. The Labute approximate surface area is 149 Å². The molecule has 4 rings (SSSR count). The van der Waals surface area contributed by atoms with E-state index in [0.29, 0.717) is 11.3 Å². The zero-order valence-electron chi connectivity index (χ0n) is 14.1. The molecule has 2 heterocycles. The lowest BCUT2D eigenvalue weighted by Crippen LogP contribution is -2.12. The van der Waals surface area contributed by atoms with Crippen molar-refractivity contribution in [3.63, 3.8) is 0 Å². The van der Waals surface area contributed by atoms with E-state index in [9.17, 15) is 9.18 Å². The van der Waals surface area contributed by atoms with Crippen LogP contribution in [-0.2, 0) is 0 Å². The number of carbonyl (C=O) groups is 1. The van der Waals surface area contributed by atoms with Gasteiger partial charge in [-0.2, -0.15) is 0 Å². The maximum Gasteiger partial charge on any atom is 0.255 e. The van der Waals surface area contributed by atoms with E-state index in [1.165, 1.54) is 24.3 Å². The molecule has 1 amide bonds. The molecule has 0 saturated carbocycles. The Balaban J connectivity index is 1.71. The van der Waals surface area contributed by atoms with Crippen LogP contribution in [0.3, 0.4) is 0 Å². The van der Waals surface area contributed by atoms with Crippen molar-refractivity contribution in [2.45, 2.75) is 6.92 Å². The molecule has 0 saturated heterocycles. The highest BCUT2D eigenvalue weighted by atomic mass is 19.1. The van der Waals surface area contributed by atoms with Crippen LogP contribution >= 0.6 is 0 Å². The second kappa shape index (κ2) is 6.44. The van der Waals surface area contributed by atoms with Crippen molar-refractivity contribution in [3.8, 4) is 11.3 Å². The van der Waals surface area contributed by atoms with Gasteiger partial charge in [0.2, 0.25) is 0 Å². The molecule has 2 aromatic carbocycles. The van der Waals surface area contributed by atoms with Crippen LogP contribution in [0.1, 0.15) is 15.9 Å². The summed E-state index contributed by atoms with van der Waals surface area (Å²) in [5.41, 5.74) is 4.60. The first-order valence-corrected chi connectivity index (χ1v) is 8.22. The lowest BCUT2D eigenvalue weighted by molar-refractivity contribution is 0.102. The Morgan fingerprint density at radius 2 is 1.81 bits per heavy atom. The lowest BCUT2D eigenvalue weighted by Gasteiger charge is -2.09. The smallest absolute Gasteiger partial charge is 0.255 e. The lowest BCUT2D eigenvalue weighted by atomic mass is 10.1. The van der Waals surface area contributed by atoms with Gasteiger partial charge in [-0.1, -0.05) is 24.3 Å². The van der Waals surface area contributed by atoms with Crippen molar-refractivity contribution < 1.29 is 9.18 Å². The largest absolute Gasteiger partial charge is 0.321 e. The van der Waals surface area contributed by atoms with Crippen molar-refractivity contribution in [3.05, 3.63) is 90.0 Å². The zero-order valence-corrected chi connectivity index (χ0v) is 14.1. The predicted molar refractivity (Wildman–Crippen MR) is 99.7 cm³/mol. The predicted octanol–water partition coefficient (Wildman–Crippen LogP) is 4.70. The highest BCUT2D eigenvalue weighted by molar-refractivity contribution is 6.06. The Morgan fingerprint density at radius 1 is 1.04 bits per heavy atom. The molecule has 2 aromatic heterocycles. The molecule has 1 N–H and O–H groups in total. The third-order valence-electron chi connectivity index (χ3n) is 4.24. The molecule has 0 bridgehead atoms. The number of benzene rings is 2. The monoisotopic (exact) mass is 345 g/mol. The van der Waals surface area contributed by atoms with E-state index in [1.54, 1.807) is 0 Å². The van der Waals surface area contributed by atoms with Crippen molar-refractivity contribution >= 4 is 17.2 Å². The number of nitrogens with one attached hydrogen (secondary N) is 1. The molecule has 0 radical (unpaired) electrons. The number of hydrogen-bond donors (Lipinski definition) is 1. The number of para-hydroxylation sites is 1. The van der Waals surface area contributed by atoms with E-state index in [2.05, 4.69) is 5.32 Å². The van der Waals surface area contributed by atoms with Crippen LogP contribution in [0.25, 0.3) is 16.9 Å². The van der Waals surface area contributed by atoms with Crippen LogP contribution < -0.4 is 5.32 Å². The first-order chi connectivity index (χ1) is 12.6. The topological polar surface area (TPSA) is 46.4 Å². The van der Waals surface area contributed by atoms with E-state index < -0.39 is 0 Å². The van der Waals surface area contributed by atoms with Crippen LogP contribution in [0.15, 0.2) is 73.1 Å². The maximum atomic E-state index is 13.1. The van der Waals surface area contributed by atoms with Gasteiger partial charge in [-0.25, -0.2) is 9.37 Å². The fourth-order valence-electron chi connectivity index (χ4n) is 2.89. The summed E-state index contributed by atoms with van der Waals surface area (Å²) in [6.07, 6.45) is 3.88. The van der Waals surface area contributed by atoms with Crippen LogP contribution in [-0.4, -0.2) is 15.3 Å². The first-order valence-electron chi connectivity index (χ1n) is 8.22. The second-order valence-electron chi connectivity index (χ2n) is 6.05. The third kappa shape index (κ3) is 2.95. The van der Waals surface area contributed by atoms with Crippen molar-refractivity contribution in [2.75, 3.05) is 5.32 Å². The Bertz CT molecular complexity index is 1100. The van der Waals surface area contributed by atoms with Gasteiger partial charge in [0.15, 0.2) is 0 Å². The van der Waals surface area contributed by atoms with E-state index in [4.69, 9.17) is 4.98 Å². The van der Waals surface area contributed by atoms with Crippen LogP contribution in [0.2, 0.25) is 0 Å². The molecule has 4 nitrogen and oxygen atoms in total. The number of rotatable bonds is 3. The van der Waals surface area contributed by atoms with Gasteiger partial charge in [-0.15, -0.1) is 0 Å². The van der Waals surface area contributed by atoms with E-state index in [-0.39, 0.29) is 11.7 Å². The molecule has 26 heavy (non-hydrogen) atoms. The third-order valence-corrected chi connectivity index (χ3v) is 4.24. The summed E-state index contributed by atoms with van der Waals surface area (Å²) in [5, 5.41) is 2.89. The van der Waals surface area contributed by atoms with Gasteiger partial charge in [-0.3, -0.25) is 4.79 Å². The molecule has 0 unspecified atom stereocenters. The van der Waals surface area contributed by atoms with E-state index in [0.717, 1.165) is 22.5 Å². The number of halogens is 1. The fraction of sp³-hybridized carbons (Fsp3) is 0.0476. The summed E-state index contributed by atoms with van der Waals surface area (Å²) >= 11 is 0. The minimum absolute atomic E-state index is 0.294. The maximum absolute atomic E-state index is 13.1. The number of aromatic nitrogens is 2. The molecule has 0 fully saturated rings. The summed E-state index contributed by atoms with van der Waals surface area (Å²) < 4.78 is 15.0. The van der Waals surface area contributed by atoms with Crippen LogP contribution in [0.5, 0.6) is 0 Å². The second-order valence-corrected chi connectivity index (χ2v) is 6.05. The number of amides is 1. The molecule has 4 aromatic rings. The molecular formula is C21H16FN3O. The molecule has 0 aliphatic carbocycles. The molecular weight excluding hydrogens is 329 g/mol. The van der Waals surface area contributed by atoms with Gasteiger partial charge in [0.1, 0.15) is 11.5 Å². The summed E-state index contributed by atoms with van der Waals surface area (Å²) in [4.78, 5) is 17.2. The van der Waals surface area contributed by atoms with Gasteiger partial charge in [0, 0.05) is 23.5 Å².